The SMILES string of the molecule is OCC(OC1C=COC(CO)C1O)OC(CO)[C@H](O)CO. The minimum atomic E-state index is -1.34. The summed E-state index contributed by atoms with van der Waals surface area (Å²) in [7, 11) is 0. The standard InChI is InChI=1S/C12H22O9/c13-3-7(17)9(4-14)21-11(6-16)20-8-1-2-19-10(5-15)12(8)18/h1-2,7-18H,3-6H2/t7-,8?,9?,10?,11?,12?/m1/s1. The molecule has 5 unspecified atom stereocenters. The summed E-state index contributed by atoms with van der Waals surface area (Å²) in [5, 5.41) is 55.4. The molecule has 0 aromatic carbocycles. The quantitative estimate of drug-likeness (QED) is 0.241. The lowest BCUT2D eigenvalue weighted by Crippen LogP contribution is -2.47. The zero-order chi connectivity index (χ0) is 15.8. The van der Waals surface area contributed by atoms with Crippen LogP contribution in [0.15, 0.2) is 12.3 Å². The average molecular weight is 310 g/mol. The van der Waals surface area contributed by atoms with Crippen molar-refractivity contribution in [1.29, 1.82) is 0 Å². The molecule has 6 N–H and O–H groups in total. The maximum absolute atomic E-state index is 9.88. The Hall–Kier alpha value is -0.780. The molecule has 1 aliphatic heterocycles. The Balaban J connectivity index is 2.60. The molecule has 0 fully saturated rings. The highest BCUT2D eigenvalue weighted by atomic mass is 16.7. The van der Waals surface area contributed by atoms with Crippen LogP contribution in [-0.4, -0.2) is 93.9 Å². The van der Waals surface area contributed by atoms with Gasteiger partial charge in [-0.05, 0) is 6.08 Å². The van der Waals surface area contributed by atoms with Crippen molar-refractivity contribution < 1.29 is 44.8 Å². The predicted octanol–water partition coefficient (Wildman–Crippen LogP) is -3.31. The van der Waals surface area contributed by atoms with Crippen LogP contribution in [0.1, 0.15) is 0 Å². The van der Waals surface area contributed by atoms with Gasteiger partial charge >= 0.3 is 0 Å². The van der Waals surface area contributed by atoms with Gasteiger partial charge in [-0.2, -0.15) is 0 Å². The van der Waals surface area contributed by atoms with Gasteiger partial charge in [0.05, 0.1) is 32.7 Å². The maximum Gasteiger partial charge on any atom is 0.181 e. The van der Waals surface area contributed by atoms with Gasteiger partial charge in [-0.1, -0.05) is 0 Å². The second-order valence-electron chi connectivity index (χ2n) is 4.50. The third-order valence-corrected chi connectivity index (χ3v) is 3.00. The molecule has 0 spiro atoms. The number of hydrogen-bond donors (Lipinski definition) is 6. The molecular formula is C12H22O9. The average Bonchev–Trinajstić information content (AvgIpc) is 2.52. The van der Waals surface area contributed by atoms with E-state index < -0.39 is 63.2 Å². The van der Waals surface area contributed by atoms with Gasteiger partial charge in [0.1, 0.15) is 30.5 Å². The molecule has 0 aliphatic carbocycles. The van der Waals surface area contributed by atoms with Gasteiger partial charge in [0.15, 0.2) is 6.29 Å². The van der Waals surface area contributed by atoms with E-state index >= 15 is 0 Å². The lowest BCUT2D eigenvalue weighted by Gasteiger charge is -2.33. The van der Waals surface area contributed by atoms with Crippen molar-refractivity contribution in [3.8, 4) is 0 Å². The first kappa shape index (κ1) is 18.3. The van der Waals surface area contributed by atoms with Crippen LogP contribution in [0.4, 0.5) is 0 Å². The summed E-state index contributed by atoms with van der Waals surface area (Å²) in [4.78, 5) is 0. The molecule has 1 aliphatic rings. The minimum absolute atomic E-state index is 0.418. The van der Waals surface area contributed by atoms with Crippen molar-refractivity contribution in [2.75, 3.05) is 26.4 Å². The highest BCUT2D eigenvalue weighted by Crippen LogP contribution is 2.18. The lowest BCUT2D eigenvalue weighted by molar-refractivity contribution is -0.245. The van der Waals surface area contributed by atoms with Crippen LogP contribution >= 0.6 is 0 Å². The molecule has 0 amide bonds. The van der Waals surface area contributed by atoms with E-state index in [1.54, 1.807) is 0 Å². The smallest absolute Gasteiger partial charge is 0.181 e. The van der Waals surface area contributed by atoms with Gasteiger partial charge in [0, 0.05) is 0 Å². The molecule has 1 rings (SSSR count). The molecule has 9 heteroatoms. The van der Waals surface area contributed by atoms with E-state index in [4.69, 9.17) is 29.5 Å². The zero-order valence-corrected chi connectivity index (χ0v) is 11.4. The van der Waals surface area contributed by atoms with Crippen LogP contribution in [-0.2, 0) is 14.2 Å². The number of aliphatic hydroxyl groups is 6. The van der Waals surface area contributed by atoms with Gasteiger partial charge in [-0.3, -0.25) is 0 Å². The predicted molar refractivity (Wildman–Crippen MR) is 67.9 cm³/mol. The Morgan fingerprint density at radius 3 is 2.33 bits per heavy atom. The van der Waals surface area contributed by atoms with Crippen LogP contribution < -0.4 is 0 Å². The van der Waals surface area contributed by atoms with E-state index in [-0.39, 0.29) is 0 Å². The first-order valence-corrected chi connectivity index (χ1v) is 6.50. The topological polar surface area (TPSA) is 149 Å². The molecule has 0 bridgehead atoms. The van der Waals surface area contributed by atoms with Gasteiger partial charge in [-0.25, -0.2) is 0 Å². The number of rotatable bonds is 9. The molecule has 124 valence electrons. The normalized spacial score (nSPS) is 29.7. The maximum atomic E-state index is 9.88. The van der Waals surface area contributed by atoms with Crippen LogP contribution in [0.3, 0.4) is 0 Å². The summed E-state index contributed by atoms with van der Waals surface area (Å²) in [6.07, 6.45) is -4.06. The van der Waals surface area contributed by atoms with E-state index in [2.05, 4.69) is 0 Å². The summed E-state index contributed by atoms with van der Waals surface area (Å²) in [5.74, 6) is 0. The Labute approximate surface area is 121 Å². The Kier molecular flexibility index (Phi) is 8.07. The van der Waals surface area contributed by atoms with Crippen LogP contribution in [0.2, 0.25) is 0 Å². The van der Waals surface area contributed by atoms with Gasteiger partial charge in [0.25, 0.3) is 0 Å². The first-order chi connectivity index (χ1) is 10.1. The first-order valence-electron chi connectivity index (χ1n) is 6.50. The summed E-state index contributed by atoms with van der Waals surface area (Å²) >= 11 is 0. The number of hydrogen-bond acceptors (Lipinski definition) is 9. The highest BCUT2D eigenvalue weighted by Gasteiger charge is 2.33. The Bertz CT molecular complexity index is 311. The second-order valence-corrected chi connectivity index (χ2v) is 4.50. The number of ether oxygens (including phenoxy) is 3. The summed E-state index contributed by atoms with van der Waals surface area (Å²) in [6.45, 7) is -2.24. The van der Waals surface area contributed by atoms with Crippen molar-refractivity contribution in [2.45, 2.75) is 36.8 Å². The largest absolute Gasteiger partial charge is 0.493 e. The lowest BCUT2D eigenvalue weighted by atomic mass is 10.1. The molecule has 0 aromatic rings. The molecule has 6 atom stereocenters. The minimum Gasteiger partial charge on any atom is -0.493 e. The highest BCUT2D eigenvalue weighted by molar-refractivity contribution is 4.98. The van der Waals surface area contributed by atoms with E-state index in [1.807, 2.05) is 0 Å². The fourth-order valence-electron chi connectivity index (χ4n) is 1.77. The fraction of sp³-hybridized carbons (Fsp3) is 0.833. The van der Waals surface area contributed by atoms with Crippen molar-refractivity contribution >= 4 is 0 Å². The van der Waals surface area contributed by atoms with E-state index in [1.165, 1.54) is 12.3 Å². The monoisotopic (exact) mass is 310 g/mol. The molecule has 0 saturated heterocycles. The molecule has 9 nitrogen and oxygen atoms in total. The second kappa shape index (κ2) is 9.28. The molecule has 0 saturated carbocycles. The Morgan fingerprint density at radius 1 is 1.10 bits per heavy atom. The fourth-order valence-corrected chi connectivity index (χ4v) is 1.77. The van der Waals surface area contributed by atoms with Gasteiger partial charge in [-0.15, -0.1) is 0 Å². The van der Waals surface area contributed by atoms with Crippen LogP contribution in [0.25, 0.3) is 0 Å². The van der Waals surface area contributed by atoms with Crippen molar-refractivity contribution in [2.24, 2.45) is 0 Å². The van der Waals surface area contributed by atoms with Crippen molar-refractivity contribution in [1.82, 2.24) is 0 Å². The summed E-state index contributed by atoms with van der Waals surface area (Å²) < 4.78 is 15.4. The van der Waals surface area contributed by atoms with Crippen molar-refractivity contribution in [3.63, 3.8) is 0 Å². The van der Waals surface area contributed by atoms with E-state index in [0.717, 1.165) is 0 Å². The molecule has 21 heavy (non-hydrogen) atoms. The Morgan fingerprint density at radius 2 is 1.81 bits per heavy atom. The zero-order valence-electron chi connectivity index (χ0n) is 11.4. The molecule has 0 radical (unpaired) electrons. The summed E-state index contributed by atoms with van der Waals surface area (Å²) in [6, 6.07) is 0. The van der Waals surface area contributed by atoms with E-state index in [9.17, 15) is 15.3 Å². The van der Waals surface area contributed by atoms with Crippen LogP contribution in [0, 0.1) is 0 Å². The molecule has 0 aromatic heterocycles. The van der Waals surface area contributed by atoms with Crippen molar-refractivity contribution in [3.05, 3.63) is 12.3 Å². The van der Waals surface area contributed by atoms with E-state index in [0.29, 0.717) is 0 Å². The molecule has 1 heterocycles. The third-order valence-electron chi connectivity index (χ3n) is 3.00. The third kappa shape index (κ3) is 5.16. The number of aliphatic hydroxyl groups excluding tert-OH is 6. The van der Waals surface area contributed by atoms with Crippen LogP contribution in [0.5, 0.6) is 0 Å². The summed E-state index contributed by atoms with van der Waals surface area (Å²) in [5.41, 5.74) is 0. The van der Waals surface area contributed by atoms with Gasteiger partial charge in [0.2, 0.25) is 0 Å². The van der Waals surface area contributed by atoms with Gasteiger partial charge < -0.3 is 44.8 Å². The molecular weight excluding hydrogens is 288 g/mol.